The van der Waals surface area contributed by atoms with Gasteiger partial charge in [-0.25, -0.2) is 5.43 Å². The fraction of sp³-hybridized carbons (Fsp3) is 0.467. The quantitative estimate of drug-likeness (QED) is 0.452. The van der Waals surface area contributed by atoms with E-state index < -0.39 is 36.4 Å². The van der Waals surface area contributed by atoms with Crippen LogP contribution in [0.1, 0.15) is 24.0 Å². The van der Waals surface area contributed by atoms with Crippen LogP contribution in [0.3, 0.4) is 0 Å². The number of nitrogens with one attached hydrogen (secondary N) is 1. The minimum Gasteiger partial charge on any atom is -0.273 e. The fourth-order valence-corrected chi connectivity index (χ4v) is 2.17. The van der Waals surface area contributed by atoms with Crippen molar-refractivity contribution in [1.29, 1.82) is 0 Å². The Morgan fingerprint density at radius 1 is 1.29 bits per heavy atom. The SMILES string of the molecule is Cc1cc(C(F)(F)F)nn1C[C@@H](C)C(=O)N/N=C\c1ccn(CC(F)(F)F)n1. The highest BCUT2D eigenvalue weighted by Crippen LogP contribution is 2.28. The third kappa shape index (κ3) is 6.09. The summed E-state index contributed by atoms with van der Waals surface area (Å²) in [4.78, 5) is 12.0. The molecule has 154 valence electrons. The molecule has 0 saturated heterocycles. The molecule has 2 heterocycles. The second kappa shape index (κ2) is 8.02. The Balaban J connectivity index is 1.91. The van der Waals surface area contributed by atoms with Gasteiger partial charge in [0.1, 0.15) is 12.2 Å². The molecule has 28 heavy (non-hydrogen) atoms. The first-order chi connectivity index (χ1) is 12.8. The molecule has 0 spiro atoms. The highest BCUT2D eigenvalue weighted by atomic mass is 19.4. The molecule has 0 aliphatic heterocycles. The minimum atomic E-state index is -4.58. The molecule has 0 unspecified atom stereocenters. The third-order valence-corrected chi connectivity index (χ3v) is 3.54. The van der Waals surface area contributed by atoms with E-state index in [2.05, 4.69) is 20.7 Å². The molecule has 7 nitrogen and oxygen atoms in total. The highest BCUT2D eigenvalue weighted by Gasteiger charge is 2.34. The summed E-state index contributed by atoms with van der Waals surface area (Å²) in [6.45, 7) is 1.54. The fourth-order valence-electron chi connectivity index (χ4n) is 2.17. The summed E-state index contributed by atoms with van der Waals surface area (Å²) >= 11 is 0. The van der Waals surface area contributed by atoms with Gasteiger partial charge >= 0.3 is 12.4 Å². The molecule has 1 N–H and O–H groups in total. The van der Waals surface area contributed by atoms with Gasteiger partial charge in [0, 0.05) is 11.9 Å². The summed E-state index contributed by atoms with van der Waals surface area (Å²) in [5.41, 5.74) is 1.44. The molecule has 2 aromatic heterocycles. The molecule has 1 atom stereocenters. The summed E-state index contributed by atoms with van der Waals surface area (Å²) in [5, 5.41) is 10.6. The number of carbonyl (C=O) groups excluding carboxylic acids is 1. The number of hydrogen-bond acceptors (Lipinski definition) is 4. The molecule has 13 heteroatoms. The van der Waals surface area contributed by atoms with Crippen LogP contribution >= 0.6 is 0 Å². The maximum Gasteiger partial charge on any atom is 0.435 e. The van der Waals surface area contributed by atoms with Gasteiger partial charge in [0.15, 0.2) is 5.69 Å². The Morgan fingerprint density at radius 3 is 2.54 bits per heavy atom. The first-order valence-corrected chi connectivity index (χ1v) is 7.90. The minimum absolute atomic E-state index is 0.0925. The Kier molecular flexibility index (Phi) is 6.14. The number of amides is 1. The largest absolute Gasteiger partial charge is 0.435 e. The van der Waals surface area contributed by atoms with Crippen LogP contribution < -0.4 is 5.43 Å². The Labute approximate surface area is 155 Å². The Hall–Kier alpha value is -2.86. The molecule has 2 rings (SSSR count). The smallest absolute Gasteiger partial charge is 0.273 e. The van der Waals surface area contributed by atoms with Crippen molar-refractivity contribution in [2.24, 2.45) is 11.0 Å². The van der Waals surface area contributed by atoms with Gasteiger partial charge < -0.3 is 0 Å². The molecule has 0 aliphatic carbocycles. The molecule has 0 fully saturated rings. The first-order valence-electron chi connectivity index (χ1n) is 7.90. The number of halogens is 6. The van der Waals surface area contributed by atoms with E-state index in [9.17, 15) is 31.1 Å². The van der Waals surface area contributed by atoms with E-state index in [0.717, 1.165) is 23.2 Å². The van der Waals surface area contributed by atoms with Gasteiger partial charge in [-0.05, 0) is 19.1 Å². The van der Waals surface area contributed by atoms with E-state index in [1.807, 2.05) is 0 Å². The summed E-state index contributed by atoms with van der Waals surface area (Å²) in [6.07, 6.45) is -6.83. The summed E-state index contributed by atoms with van der Waals surface area (Å²) in [6, 6.07) is 2.15. The second-order valence-electron chi connectivity index (χ2n) is 6.04. The lowest BCUT2D eigenvalue weighted by Crippen LogP contribution is -2.28. The van der Waals surface area contributed by atoms with Crippen LogP contribution in [0.15, 0.2) is 23.4 Å². The van der Waals surface area contributed by atoms with E-state index in [1.165, 1.54) is 19.9 Å². The van der Waals surface area contributed by atoms with Gasteiger partial charge in [0.05, 0.1) is 18.7 Å². The van der Waals surface area contributed by atoms with Gasteiger partial charge in [0.25, 0.3) is 0 Å². The lowest BCUT2D eigenvalue weighted by atomic mass is 10.2. The van der Waals surface area contributed by atoms with Crippen molar-refractivity contribution in [2.45, 2.75) is 39.3 Å². The van der Waals surface area contributed by atoms with Gasteiger partial charge in [-0.1, -0.05) is 6.92 Å². The molecule has 0 bridgehead atoms. The van der Waals surface area contributed by atoms with Crippen molar-refractivity contribution < 1.29 is 31.1 Å². The predicted molar refractivity (Wildman–Crippen MR) is 85.1 cm³/mol. The number of hydrazone groups is 1. The van der Waals surface area contributed by atoms with Crippen LogP contribution in [0.25, 0.3) is 0 Å². The van der Waals surface area contributed by atoms with Crippen LogP contribution in [0, 0.1) is 12.8 Å². The third-order valence-electron chi connectivity index (χ3n) is 3.54. The molecular formula is C15H16F6N6O. The van der Waals surface area contributed by atoms with Crippen LogP contribution in [0.5, 0.6) is 0 Å². The predicted octanol–water partition coefficient (Wildman–Crippen LogP) is 2.76. The van der Waals surface area contributed by atoms with Crippen LogP contribution in [0.2, 0.25) is 0 Å². The van der Waals surface area contributed by atoms with E-state index in [0.29, 0.717) is 4.68 Å². The number of carbonyl (C=O) groups is 1. The van der Waals surface area contributed by atoms with E-state index in [1.54, 1.807) is 0 Å². The van der Waals surface area contributed by atoms with Crippen LogP contribution in [0.4, 0.5) is 26.3 Å². The summed E-state index contributed by atoms with van der Waals surface area (Å²) in [7, 11) is 0. The average Bonchev–Trinajstić information content (AvgIpc) is 3.12. The van der Waals surface area contributed by atoms with Crippen molar-refractivity contribution in [3.8, 4) is 0 Å². The lowest BCUT2D eigenvalue weighted by molar-refractivity contribution is -0.143. The number of nitrogens with zero attached hydrogens (tertiary/aromatic N) is 5. The maximum atomic E-state index is 12.7. The van der Waals surface area contributed by atoms with E-state index >= 15 is 0 Å². The van der Waals surface area contributed by atoms with Crippen LogP contribution in [-0.2, 0) is 24.1 Å². The van der Waals surface area contributed by atoms with Gasteiger partial charge in [-0.15, -0.1) is 0 Å². The van der Waals surface area contributed by atoms with Gasteiger partial charge in [0.2, 0.25) is 5.91 Å². The lowest BCUT2D eigenvalue weighted by Gasteiger charge is -2.11. The number of hydrogen-bond donors (Lipinski definition) is 1. The number of aryl methyl sites for hydroxylation is 1. The van der Waals surface area contributed by atoms with Gasteiger partial charge in [-0.2, -0.15) is 41.6 Å². The van der Waals surface area contributed by atoms with Gasteiger partial charge in [-0.3, -0.25) is 14.2 Å². The summed E-state index contributed by atoms with van der Waals surface area (Å²) in [5.74, 6) is -1.37. The Morgan fingerprint density at radius 2 is 1.96 bits per heavy atom. The Bertz CT molecular complexity index is 850. The zero-order valence-electron chi connectivity index (χ0n) is 14.7. The topological polar surface area (TPSA) is 77.1 Å². The zero-order valence-corrected chi connectivity index (χ0v) is 14.7. The zero-order chi connectivity index (χ0) is 21.1. The van der Waals surface area contributed by atoms with Crippen molar-refractivity contribution in [1.82, 2.24) is 25.0 Å². The normalized spacial score (nSPS) is 13.9. The van der Waals surface area contributed by atoms with Crippen LogP contribution in [-0.4, -0.2) is 37.9 Å². The highest BCUT2D eigenvalue weighted by molar-refractivity contribution is 5.81. The molecule has 0 aromatic carbocycles. The van der Waals surface area contributed by atoms with Crippen molar-refractivity contribution in [2.75, 3.05) is 0 Å². The number of rotatable bonds is 6. The number of alkyl halides is 6. The second-order valence-corrected chi connectivity index (χ2v) is 6.04. The molecule has 1 amide bonds. The molecule has 0 radical (unpaired) electrons. The average molecular weight is 410 g/mol. The maximum absolute atomic E-state index is 12.7. The molecule has 0 aliphatic rings. The standard InChI is InChI=1S/C15H16F6N6O/c1-9(7-27-10(2)5-12(25-27)15(19,20)21)13(28)23-22-6-11-3-4-26(24-11)8-14(16,17)18/h3-6,9H,7-8H2,1-2H3,(H,23,28)/b22-6-/t9-/m1/s1. The monoisotopic (exact) mass is 410 g/mol. The first kappa shape index (κ1) is 21.4. The van der Waals surface area contributed by atoms with E-state index in [-0.39, 0.29) is 17.9 Å². The molecule has 0 saturated carbocycles. The molecule has 2 aromatic rings. The van der Waals surface area contributed by atoms with E-state index in [4.69, 9.17) is 0 Å². The number of aromatic nitrogens is 4. The van der Waals surface area contributed by atoms with Crippen molar-refractivity contribution >= 4 is 12.1 Å². The molecular weight excluding hydrogens is 394 g/mol. The van der Waals surface area contributed by atoms with Crippen molar-refractivity contribution in [3.05, 3.63) is 35.4 Å². The van der Waals surface area contributed by atoms with Crippen molar-refractivity contribution in [3.63, 3.8) is 0 Å². The summed E-state index contributed by atoms with van der Waals surface area (Å²) < 4.78 is 76.4.